The summed E-state index contributed by atoms with van der Waals surface area (Å²) in [4.78, 5) is 12.0. The Bertz CT molecular complexity index is 938. The second kappa shape index (κ2) is 8.41. The maximum atomic E-state index is 14.0. The molecule has 0 aliphatic rings. The number of benzene rings is 2. The third-order valence-corrected chi connectivity index (χ3v) is 4.41. The van der Waals surface area contributed by atoms with Crippen molar-refractivity contribution in [3.63, 3.8) is 0 Å². The van der Waals surface area contributed by atoms with Crippen molar-refractivity contribution in [2.45, 2.75) is 13.5 Å². The Labute approximate surface area is 165 Å². The van der Waals surface area contributed by atoms with Gasteiger partial charge in [0.2, 0.25) is 0 Å². The molecule has 0 unspecified atom stereocenters. The van der Waals surface area contributed by atoms with Gasteiger partial charge < -0.3 is 10.1 Å². The Kier molecular flexibility index (Phi) is 5.98. The molecule has 0 bridgehead atoms. The summed E-state index contributed by atoms with van der Waals surface area (Å²) in [5, 5.41) is 7.84. The summed E-state index contributed by atoms with van der Waals surface area (Å²) < 4.78 is 20.9. The number of amides is 1. The Morgan fingerprint density at radius 2 is 1.96 bits per heavy atom. The summed E-state index contributed by atoms with van der Waals surface area (Å²) in [6, 6.07) is 12.9. The number of nitrogens with one attached hydrogen (secondary N) is 1. The van der Waals surface area contributed by atoms with E-state index in [0.29, 0.717) is 27.2 Å². The van der Waals surface area contributed by atoms with Crippen LogP contribution >= 0.6 is 23.2 Å². The van der Waals surface area contributed by atoms with Crippen molar-refractivity contribution in [1.82, 2.24) is 9.78 Å². The molecule has 0 radical (unpaired) electrons. The molecule has 0 saturated carbocycles. The highest BCUT2D eigenvalue weighted by Crippen LogP contribution is 2.21. The van der Waals surface area contributed by atoms with Gasteiger partial charge >= 0.3 is 0 Å². The van der Waals surface area contributed by atoms with Crippen LogP contribution in [0.3, 0.4) is 0 Å². The number of carbonyl (C=O) groups is 1. The first-order chi connectivity index (χ1) is 12.9. The number of hydrogen-bond donors (Lipinski definition) is 1. The van der Waals surface area contributed by atoms with E-state index in [4.69, 9.17) is 27.9 Å². The molecule has 0 aliphatic carbocycles. The molecule has 0 fully saturated rings. The highest BCUT2D eigenvalue weighted by molar-refractivity contribution is 6.31. The quantitative estimate of drug-likeness (QED) is 0.643. The van der Waals surface area contributed by atoms with Crippen molar-refractivity contribution in [3.8, 4) is 5.75 Å². The fourth-order valence-electron chi connectivity index (χ4n) is 2.42. The van der Waals surface area contributed by atoms with Gasteiger partial charge in [0.15, 0.2) is 12.4 Å². The first-order valence-corrected chi connectivity index (χ1v) is 8.83. The Morgan fingerprint density at radius 1 is 1.22 bits per heavy atom. The second-order valence-corrected chi connectivity index (χ2v) is 6.66. The van der Waals surface area contributed by atoms with Crippen LogP contribution in [0.2, 0.25) is 10.0 Å². The van der Waals surface area contributed by atoms with Crippen molar-refractivity contribution < 1.29 is 13.9 Å². The molecule has 1 amide bonds. The van der Waals surface area contributed by atoms with E-state index >= 15 is 0 Å². The summed E-state index contributed by atoms with van der Waals surface area (Å²) in [6.45, 7) is 1.79. The molecule has 5 nitrogen and oxygen atoms in total. The van der Waals surface area contributed by atoms with Gasteiger partial charge in [0, 0.05) is 27.4 Å². The van der Waals surface area contributed by atoms with E-state index in [1.54, 1.807) is 47.1 Å². The Morgan fingerprint density at radius 3 is 2.67 bits per heavy atom. The Balaban J connectivity index is 1.62. The van der Waals surface area contributed by atoms with E-state index in [1.807, 2.05) is 6.92 Å². The lowest BCUT2D eigenvalue weighted by Crippen LogP contribution is -2.20. The van der Waals surface area contributed by atoms with Crippen LogP contribution < -0.4 is 10.1 Å². The molecule has 1 aromatic heterocycles. The highest BCUT2D eigenvalue weighted by atomic mass is 35.5. The van der Waals surface area contributed by atoms with Gasteiger partial charge in [-0.2, -0.15) is 5.10 Å². The third kappa shape index (κ3) is 4.99. The number of aryl methyl sites for hydroxylation is 1. The van der Waals surface area contributed by atoms with Gasteiger partial charge in [-0.1, -0.05) is 29.3 Å². The molecule has 2 aromatic carbocycles. The fourth-order valence-corrected chi connectivity index (χ4v) is 2.77. The number of ether oxygens (including phenoxy) is 1. The van der Waals surface area contributed by atoms with Crippen LogP contribution in [0, 0.1) is 12.7 Å². The van der Waals surface area contributed by atoms with Gasteiger partial charge in [0.1, 0.15) is 11.6 Å². The van der Waals surface area contributed by atoms with Crippen LogP contribution in [0.1, 0.15) is 11.3 Å². The zero-order chi connectivity index (χ0) is 19.4. The lowest BCUT2D eigenvalue weighted by atomic mass is 10.2. The SMILES string of the molecule is Cc1cc(NC(=O)COc2ccc(Cl)cc2)nn1Cc1c(F)cccc1Cl. The average molecular weight is 408 g/mol. The maximum absolute atomic E-state index is 14.0. The zero-order valence-corrected chi connectivity index (χ0v) is 15.9. The van der Waals surface area contributed by atoms with Crippen molar-refractivity contribution in [3.05, 3.63) is 75.7 Å². The van der Waals surface area contributed by atoms with E-state index in [1.165, 1.54) is 6.07 Å². The van der Waals surface area contributed by atoms with Crippen LogP contribution in [-0.4, -0.2) is 22.3 Å². The number of hydrogen-bond acceptors (Lipinski definition) is 3. The third-order valence-electron chi connectivity index (χ3n) is 3.80. The summed E-state index contributed by atoms with van der Waals surface area (Å²) in [7, 11) is 0. The Hall–Kier alpha value is -2.57. The minimum Gasteiger partial charge on any atom is -0.484 e. The van der Waals surface area contributed by atoms with Gasteiger partial charge in [0.25, 0.3) is 5.91 Å². The predicted octanol–water partition coefficient (Wildman–Crippen LogP) is 4.70. The van der Waals surface area contributed by atoms with E-state index in [-0.39, 0.29) is 19.1 Å². The topological polar surface area (TPSA) is 56.1 Å². The van der Waals surface area contributed by atoms with E-state index in [2.05, 4.69) is 10.4 Å². The van der Waals surface area contributed by atoms with Gasteiger partial charge in [0.05, 0.1) is 6.54 Å². The molecular formula is C19H16Cl2FN3O2. The molecule has 0 aliphatic heterocycles. The van der Waals surface area contributed by atoms with E-state index in [0.717, 1.165) is 5.69 Å². The first kappa shape index (κ1) is 19.2. The maximum Gasteiger partial charge on any atom is 0.263 e. The molecule has 0 spiro atoms. The van der Waals surface area contributed by atoms with Gasteiger partial charge in [-0.3, -0.25) is 9.48 Å². The average Bonchev–Trinajstić information content (AvgIpc) is 2.97. The predicted molar refractivity (Wildman–Crippen MR) is 103 cm³/mol. The summed E-state index contributed by atoms with van der Waals surface area (Å²) in [5.74, 6) is 0.119. The minimum atomic E-state index is -0.403. The van der Waals surface area contributed by atoms with Crippen LogP contribution in [0.5, 0.6) is 5.75 Å². The van der Waals surface area contributed by atoms with Crippen LogP contribution in [0.15, 0.2) is 48.5 Å². The molecule has 0 atom stereocenters. The van der Waals surface area contributed by atoms with Crippen molar-refractivity contribution in [1.29, 1.82) is 0 Å². The molecule has 0 saturated heterocycles. The number of rotatable bonds is 6. The number of nitrogens with zero attached hydrogens (tertiary/aromatic N) is 2. The zero-order valence-electron chi connectivity index (χ0n) is 14.4. The summed E-state index contributed by atoms with van der Waals surface area (Å²) in [5.41, 5.74) is 1.09. The second-order valence-electron chi connectivity index (χ2n) is 5.82. The number of anilines is 1. The molecular weight excluding hydrogens is 392 g/mol. The van der Waals surface area contributed by atoms with Gasteiger partial charge in [-0.15, -0.1) is 0 Å². The molecule has 1 heterocycles. The molecule has 3 aromatic rings. The number of halogens is 3. The van der Waals surface area contributed by atoms with E-state index < -0.39 is 5.82 Å². The van der Waals surface area contributed by atoms with Crippen LogP contribution in [0.25, 0.3) is 0 Å². The highest BCUT2D eigenvalue weighted by Gasteiger charge is 2.12. The normalized spacial score (nSPS) is 10.7. The van der Waals surface area contributed by atoms with Crippen molar-refractivity contribution >= 4 is 34.9 Å². The lowest BCUT2D eigenvalue weighted by molar-refractivity contribution is -0.118. The summed E-state index contributed by atoms with van der Waals surface area (Å²) >= 11 is 11.9. The largest absolute Gasteiger partial charge is 0.484 e. The molecule has 3 rings (SSSR count). The molecule has 140 valence electrons. The molecule has 27 heavy (non-hydrogen) atoms. The molecule has 1 N–H and O–H groups in total. The monoisotopic (exact) mass is 407 g/mol. The lowest BCUT2D eigenvalue weighted by Gasteiger charge is -2.08. The van der Waals surface area contributed by atoms with Crippen molar-refractivity contribution in [2.75, 3.05) is 11.9 Å². The van der Waals surface area contributed by atoms with Crippen LogP contribution in [0.4, 0.5) is 10.2 Å². The fraction of sp³-hybridized carbons (Fsp3) is 0.158. The van der Waals surface area contributed by atoms with Gasteiger partial charge in [-0.25, -0.2) is 4.39 Å². The standard InChI is InChI=1S/C19H16Cl2FN3O2/c1-12-9-18(23-19(26)11-27-14-7-5-13(20)6-8-14)24-25(12)10-15-16(21)3-2-4-17(15)22/h2-9H,10-11H2,1H3,(H,23,24,26). The number of aromatic nitrogens is 2. The smallest absolute Gasteiger partial charge is 0.263 e. The summed E-state index contributed by atoms with van der Waals surface area (Å²) in [6.07, 6.45) is 0. The number of carbonyl (C=O) groups excluding carboxylic acids is 1. The van der Waals surface area contributed by atoms with Crippen molar-refractivity contribution in [2.24, 2.45) is 0 Å². The van der Waals surface area contributed by atoms with E-state index in [9.17, 15) is 9.18 Å². The van der Waals surface area contributed by atoms with Crippen LogP contribution in [-0.2, 0) is 11.3 Å². The van der Waals surface area contributed by atoms with Gasteiger partial charge in [-0.05, 0) is 43.3 Å². The molecule has 8 heteroatoms. The first-order valence-electron chi connectivity index (χ1n) is 8.08. The minimum absolute atomic E-state index is 0.161.